The molecule has 2 amide bonds. The highest BCUT2D eigenvalue weighted by atomic mass is 19.1. The van der Waals surface area contributed by atoms with Crippen LogP contribution in [-0.4, -0.2) is 48.3 Å². The molecule has 3 atom stereocenters. The molecule has 7 heteroatoms. The van der Waals surface area contributed by atoms with Gasteiger partial charge in [0, 0.05) is 18.0 Å². The Morgan fingerprint density at radius 2 is 1.89 bits per heavy atom. The van der Waals surface area contributed by atoms with Gasteiger partial charge >= 0.3 is 0 Å². The van der Waals surface area contributed by atoms with Gasteiger partial charge in [0.1, 0.15) is 11.9 Å². The minimum atomic E-state index is -0.416. The summed E-state index contributed by atoms with van der Waals surface area (Å²) < 4.78 is 18.8. The number of hydrogen-bond donors (Lipinski definition) is 3. The Labute approximate surface area is 158 Å². The topological polar surface area (TPSA) is 87.7 Å². The van der Waals surface area contributed by atoms with Crippen LogP contribution in [0.2, 0.25) is 0 Å². The maximum absolute atomic E-state index is 12.9. The predicted molar refractivity (Wildman–Crippen MR) is 97.6 cm³/mol. The lowest BCUT2D eigenvalue weighted by molar-refractivity contribution is -0.134. The molecule has 0 spiro atoms. The molecule has 1 aromatic rings. The van der Waals surface area contributed by atoms with Crippen molar-refractivity contribution in [3.05, 3.63) is 35.6 Å². The van der Waals surface area contributed by atoms with Crippen LogP contribution in [0.4, 0.5) is 4.39 Å². The smallest absolute Gasteiger partial charge is 0.251 e. The average molecular weight is 378 g/mol. The molecule has 6 nitrogen and oxygen atoms in total. The lowest BCUT2D eigenvalue weighted by Gasteiger charge is -2.37. The number of carbonyl (C=O) groups is 2. The summed E-state index contributed by atoms with van der Waals surface area (Å²) in [4.78, 5) is 24.1. The van der Waals surface area contributed by atoms with Gasteiger partial charge in [0.25, 0.3) is 5.91 Å². The van der Waals surface area contributed by atoms with E-state index in [9.17, 15) is 19.1 Å². The maximum atomic E-state index is 12.9. The fourth-order valence-corrected chi connectivity index (χ4v) is 3.53. The summed E-state index contributed by atoms with van der Waals surface area (Å²) >= 11 is 0. The molecule has 0 aromatic heterocycles. The zero-order valence-corrected chi connectivity index (χ0v) is 15.3. The number of benzene rings is 1. The van der Waals surface area contributed by atoms with E-state index in [1.54, 1.807) is 0 Å². The zero-order chi connectivity index (χ0) is 19.2. The van der Waals surface area contributed by atoms with Crippen LogP contribution < -0.4 is 10.6 Å². The van der Waals surface area contributed by atoms with Crippen molar-refractivity contribution in [2.75, 3.05) is 13.2 Å². The van der Waals surface area contributed by atoms with E-state index in [1.165, 1.54) is 24.3 Å². The number of halogens is 1. The Morgan fingerprint density at radius 1 is 1.15 bits per heavy atom. The molecule has 1 aromatic carbocycles. The first-order chi connectivity index (χ1) is 13.1. The molecule has 1 saturated heterocycles. The minimum Gasteiger partial charge on any atom is -0.394 e. The van der Waals surface area contributed by atoms with Gasteiger partial charge in [-0.15, -0.1) is 0 Å². The van der Waals surface area contributed by atoms with Crippen LogP contribution in [0.1, 0.15) is 48.9 Å². The number of rotatable bonds is 7. The van der Waals surface area contributed by atoms with Crippen molar-refractivity contribution in [1.29, 1.82) is 0 Å². The van der Waals surface area contributed by atoms with Crippen molar-refractivity contribution in [3.8, 4) is 0 Å². The van der Waals surface area contributed by atoms with E-state index in [2.05, 4.69) is 10.6 Å². The van der Waals surface area contributed by atoms with Gasteiger partial charge in [0.05, 0.1) is 18.8 Å². The third-order valence-corrected chi connectivity index (χ3v) is 5.46. The Kier molecular flexibility index (Phi) is 6.79. The standard InChI is InChI=1S/C20H27FN2O4/c21-15-6-4-14(5-7-15)19(25)22-11-10-16-8-9-17(18(12-24)27-16)23-20(26)13-2-1-3-13/h4-7,13,16-18,24H,1-3,8-12H2,(H,22,25)(H,23,26)/t16-,17-,18+/m0/s1. The summed E-state index contributed by atoms with van der Waals surface area (Å²) in [5, 5.41) is 15.4. The maximum Gasteiger partial charge on any atom is 0.251 e. The second-order valence-corrected chi connectivity index (χ2v) is 7.35. The van der Waals surface area contributed by atoms with Gasteiger partial charge in [0.2, 0.25) is 5.91 Å². The highest BCUT2D eigenvalue weighted by Crippen LogP contribution is 2.28. The number of ether oxygens (including phenoxy) is 1. The summed E-state index contributed by atoms with van der Waals surface area (Å²) in [6, 6.07) is 5.23. The molecule has 2 fully saturated rings. The summed E-state index contributed by atoms with van der Waals surface area (Å²) in [6.07, 6.45) is 4.63. The normalized spacial score (nSPS) is 25.5. The molecule has 3 N–H and O–H groups in total. The minimum absolute atomic E-state index is 0.0679. The van der Waals surface area contributed by atoms with Crippen LogP contribution in [-0.2, 0) is 9.53 Å². The van der Waals surface area contributed by atoms with Gasteiger partial charge in [-0.05, 0) is 56.4 Å². The van der Waals surface area contributed by atoms with Crippen LogP contribution in [0.5, 0.6) is 0 Å². The van der Waals surface area contributed by atoms with Crippen molar-refractivity contribution >= 4 is 11.8 Å². The lowest BCUT2D eigenvalue weighted by Crippen LogP contribution is -2.53. The van der Waals surface area contributed by atoms with Gasteiger partial charge in [0.15, 0.2) is 0 Å². The average Bonchev–Trinajstić information content (AvgIpc) is 2.61. The molecule has 1 heterocycles. The Hall–Kier alpha value is -1.99. The largest absolute Gasteiger partial charge is 0.394 e. The van der Waals surface area contributed by atoms with Crippen molar-refractivity contribution in [2.24, 2.45) is 5.92 Å². The van der Waals surface area contributed by atoms with Crippen LogP contribution in [0.3, 0.4) is 0 Å². The fraction of sp³-hybridized carbons (Fsp3) is 0.600. The highest BCUT2D eigenvalue weighted by molar-refractivity contribution is 5.94. The van der Waals surface area contributed by atoms with E-state index >= 15 is 0 Å². The monoisotopic (exact) mass is 378 g/mol. The highest BCUT2D eigenvalue weighted by Gasteiger charge is 2.34. The molecular formula is C20H27FN2O4. The number of aliphatic hydroxyl groups excluding tert-OH is 1. The first-order valence-electron chi connectivity index (χ1n) is 9.67. The van der Waals surface area contributed by atoms with Gasteiger partial charge in [-0.2, -0.15) is 0 Å². The molecular weight excluding hydrogens is 351 g/mol. The number of amides is 2. The SMILES string of the molecule is O=C(NCC[C@@H]1CC[C@H](NC(=O)C2CCC2)[C@@H](CO)O1)c1ccc(F)cc1. The molecule has 0 radical (unpaired) electrons. The third kappa shape index (κ3) is 5.26. The van der Waals surface area contributed by atoms with E-state index in [1.807, 2.05) is 0 Å². The van der Waals surface area contributed by atoms with Gasteiger partial charge in [-0.25, -0.2) is 4.39 Å². The number of nitrogens with one attached hydrogen (secondary N) is 2. The van der Waals surface area contributed by atoms with Crippen LogP contribution in [0.25, 0.3) is 0 Å². The van der Waals surface area contributed by atoms with E-state index in [0.717, 1.165) is 32.1 Å². The first kappa shape index (κ1) is 19.8. The molecule has 27 heavy (non-hydrogen) atoms. The van der Waals surface area contributed by atoms with Crippen LogP contribution >= 0.6 is 0 Å². The van der Waals surface area contributed by atoms with E-state index in [4.69, 9.17) is 4.74 Å². The van der Waals surface area contributed by atoms with Gasteiger partial charge in [-0.3, -0.25) is 9.59 Å². The van der Waals surface area contributed by atoms with Gasteiger partial charge < -0.3 is 20.5 Å². The lowest BCUT2D eigenvalue weighted by atomic mass is 9.84. The number of aliphatic hydroxyl groups is 1. The molecule has 148 valence electrons. The molecule has 3 rings (SSSR count). The molecule has 2 aliphatic rings. The summed E-state index contributed by atoms with van der Waals surface area (Å²) in [5.74, 6) is -0.451. The van der Waals surface area contributed by atoms with Crippen molar-refractivity contribution in [1.82, 2.24) is 10.6 Å². The first-order valence-corrected chi connectivity index (χ1v) is 9.67. The van der Waals surface area contributed by atoms with Gasteiger partial charge in [-0.1, -0.05) is 6.42 Å². The summed E-state index contributed by atoms with van der Waals surface area (Å²) in [5.41, 5.74) is 0.410. The number of hydrogen-bond acceptors (Lipinski definition) is 4. The van der Waals surface area contributed by atoms with Crippen molar-refractivity contribution in [3.63, 3.8) is 0 Å². The molecule has 0 bridgehead atoms. The second-order valence-electron chi connectivity index (χ2n) is 7.35. The quantitative estimate of drug-likeness (QED) is 0.675. The van der Waals surface area contributed by atoms with E-state index < -0.39 is 6.10 Å². The Balaban J connectivity index is 1.40. The molecule has 1 aliphatic heterocycles. The fourth-order valence-electron chi connectivity index (χ4n) is 3.53. The zero-order valence-electron chi connectivity index (χ0n) is 15.3. The van der Waals surface area contributed by atoms with Crippen molar-refractivity contribution in [2.45, 2.75) is 56.8 Å². The second kappa shape index (κ2) is 9.28. The molecule has 1 saturated carbocycles. The van der Waals surface area contributed by atoms with E-state index in [0.29, 0.717) is 18.5 Å². The summed E-state index contributed by atoms with van der Waals surface area (Å²) in [6.45, 7) is 0.284. The third-order valence-electron chi connectivity index (χ3n) is 5.46. The Bertz CT molecular complexity index is 648. The number of carbonyl (C=O) groups excluding carboxylic acids is 2. The predicted octanol–water partition coefficient (Wildman–Crippen LogP) is 1.77. The Morgan fingerprint density at radius 3 is 2.52 bits per heavy atom. The summed E-state index contributed by atoms with van der Waals surface area (Å²) in [7, 11) is 0. The molecule has 1 aliphatic carbocycles. The van der Waals surface area contributed by atoms with Crippen LogP contribution in [0, 0.1) is 11.7 Å². The molecule has 0 unspecified atom stereocenters. The van der Waals surface area contributed by atoms with Crippen molar-refractivity contribution < 1.29 is 23.8 Å². The van der Waals surface area contributed by atoms with Crippen LogP contribution in [0.15, 0.2) is 24.3 Å². The van der Waals surface area contributed by atoms with E-state index in [-0.39, 0.29) is 42.3 Å².